The maximum Gasteiger partial charge on any atom is 0.329 e. The second-order valence-corrected chi connectivity index (χ2v) is 6.80. The standard InChI is InChI=1S/C24H22FN3O3/c1-17(20-9-3-2-4-10-20)27-23(29)24(30)28-26-15-18-7-6-12-22(14-18)31-16-19-8-5-11-21(25)13-19/h2-15,17H,16H2,1H3,(H,27,29)(H,28,30)/b26-15-/t17-/m0/s1. The SMILES string of the molecule is C[C@H](NC(=O)C(=O)N/N=C\c1cccc(OCc2cccc(F)c2)c1)c1ccccc1. The topological polar surface area (TPSA) is 79.8 Å². The van der Waals surface area contributed by atoms with E-state index in [0.29, 0.717) is 16.9 Å². The van der Waals surface area contributed by atoms with Crippen molar-refractivity contribution in [3.63, 3.8) is 0 Å². The Balaban J connectivity index is 1.50. The highest BCUT2D eigenvalue weighted by atomic mass is 19.1. The molecule has 158 valence electrons. The van der Waals surface area contributed by atoms with Crippen LogP contribution < -0.4 is 15.5 Å². The Labute approximate surface area is 179 Å². The number of rotatable bonds is 7. The molecule has 0 aliphatic rings. The quantitative estimate of drug-likeness (QED) is 0.348. The summed E-state index contributed by atoms with van der Waals surface area (Å²) in [5, 5.41) is 6.44. The minimum Gasteiger partial charge on any atom is -0.489 e. The third kappa shape index (κ3) is 6.78. The molecule has 0 fully saturated rings. The van der Waals surface area contributed by atoms with Gasteiger partial charge in [-0.25, -0.2) is 9.82 Å². The minimum absolute atomic E-state index is 0.217. The van der Waals surface area contributed by atoms with Crippen LogP contribution in [0, 0.1) is 5.82 Å². The largest absolute Gasteiger partial charge is 0.489 e. The highest BCUT2D eigenvalue weighted by molar-refractivity contribution is 6.35. The average molecular weight is 419 g/mol. The van der Waals surface area contributed by atoms with Gasteiger partial charge in [0.2, 0.25) is 0 Å². The van der Waals surface area contributed by atoms with E-state index in [2.05, 4.69) is 15.8 Å². The van der Waals surface area contributed by atoms with Gasteiger partial charge in [-0.05, 0) is 47.9 Å². The van der Waals surface area contributed by atoms with Crippen LogP contribution in [0.25, 0.3) is 0 Å². The van der Waals surface area contributed by atoms with Crippen molar-refractivity contribution in [2.75, 3.05) is 0 Å². The van der Waals surface area contributed by atoms with Gasteiger partial charge in [-0.3, -0.25) is 9.59 Å². The van der Waals surface area contributed by atoms with E-state index in [9.17, 15) is 14.0 Å². The number of carbonyl (C=O) groups excluding carboxylic acids is 2. The summed E-state index contributed by atoms with van der Waals surface area (Å²) in [6.45, 7) is 2.01. The maximum atomic E-state index is 13.2. The monoisotopic (exact) mass is 419 g/mol. The van der Waals surface area contributed by atoms with E-state index in [0.717, 1.165) is 5.56 Å². The lowest BCUT2D eigenvalue weighted by atomic mass is 10.1. The molecule has 2 N–H and O–H groups in total. The normalized spacial score (nSPS) is 11.7. The molecule has 0 aliphatic carbocycles. The van der Waals surface area contributed by atoms with Gasteiger partial charge in [0.25, 0.3) is 0 Å². The first-order valence-corrected chi connectivity index (χ1v) is 9.67. The summed E-state index contributed by atoms with van der Waals surface area (Å²) in [5.74, 6) is -1.40. The van der Waals surface area contributed by atoms with Crippen molar-refractivity contribution in [3.8, 4) is 5.75 Å². The third-order valence-electron chi connectivity index (χ3n) is 4.39. The molecule has 0 heterocycles. The molecule has 6 nitrogen and oxygen atoms in total. The van der Waals surface area contributed by atoms with E-state index < -0.39 is 11.8 Å². The van der Waals surface area contributed by atoms with Crippen molar-refractivity contribution >= 4 is 18.0 Å². The number of nitrogens with one attached hydrogen (secondary N) is 2. The molecule has 0 aliphatic heterocycles. The molecule has 0 spiro atoms. The molecule has 3 rings (SSSR count). The van der Waals surface area contributed by atoms with Crippen molar-refractivity contribution in [1.82, 2.24) is 10.7 Å². The van der Waals surface area contributed by atoms with Crippen LogP contribution in [0.3, 0.4) is 0 Å². The van der Waals surface area contributed by atoms with E-state index in [4.69, 9.17) is 4.74 Å². The number of hydrogen-bond acceptors (Lipinski definition) is 4. The minimum atomic E-state index is -0.863. The second-order valence-electron chi connectivity index (χ2n) is 6.80. The Morgan fingerprint density at radius 3 is 2.55 bits per heavy atom. The summed E-state index contributed by atoms with van der Waals surface area (Å²) in [5.41, 5.74) is 4.47. The smallest absolute Gasteiger partial charge is 0.329 e. The lowest BCUT2D eigenvalue weighted by Crippen LogP contribution is -2.39. The van der Waals surface area contributed by atoms with E-state index in [1.165, 1.54) is 18.3 Å². The Morgan fingerprint density at radius 1 is 1.00 bits per heavy atom. The van der Waals surface area contributed by atoms with Gasteiger partial charge in [-0.1, -0.05) is 54.6 Å². The van der Waals surface area contributed by atoms with Gasteiger partial charge in [0, 0.05) is 0 Å². The van der Waals surface area contributed by atoms with Gasteiger partial charge >= 0.3 is 11.8 Å². The zero-order valence-electron chi connectivity index (χ0n) is 16.9. The van der Waals surface area contributed by atoms with Gasteiger partial charge in [0.1, 0.15) is 18.2 Å². The molecule has 0 unspecified atom stereocenters. The molecule has 0 bridgehead atoms. The number of halogens is 1. The summed E-state index contributed by atoms with van der Waals surface area (Å²) in [6.07, 6.45) is 1.40. The molecule has 31 heavy (non-hydrogen) atoms. The van der Waals surface area contributed by atoms with Crippen LogP contribution in [0.4, 0.5) is 4.39 Å². The Morgan fingerprint density at radius 2 is 1.77 bits per heavy atom. The molecule has 0 aromatic heterocycles. The highest BCUT2D eigenvalue weighted by Gasteiger charge is 2.16. The van der Waals surface area contributed by atoms with Gasteiger partial charge in [-0.2, -0.15) is 5.10 Å². The van der Waals surface area contributed by atoms with E-state index in [-0.39, 0.29) is 18.5 Å². The first-order chi connectivity index (χ1) is 15.0. The van der Waals surface area contributed by atoms with Crippen molar-refractivity contribution in [1.29, 1.82) is 0 Å². The zero-order valence-corrected chi connectivity index (χ0v) is 16.9. The van der Waals surface area contributed by atoms with Crippen LogP contribution in [0.15, 0.2) is 84.0 Å². The van der Waals surface area contributed by atoms with Crippen LogP contribution >= 0.6 is 0 Å². The van der Waals surface area contributed by atoms with E-state index in [1.807, 2.05) is 30.3 Å². The predicted molar refractivity (Wildman–Crippen MR) is 116 cm³/mol. The van der Waals surface area contributed by atoms with Crippen molar-refractivity contribution in [3.05, 3.63) is 101 Å². The summed E-state index contributed by atoms with van der Waals surface area (Å²) >= 11 is 0. The molecule has 3 aromatic carbocycles. The van der Waals surface area contributed by atoms with Gasteiger partial charge in [-0.15, -0.1) is 0 Å². The first kappa shape index (κ1) is 21.7. The van der Waals surface area contributed by atoms with Crippen molar-refractivity contribution < 1.29 is 18.7 Å². The second kappa shape index (κ2) is 10.7. The molecule has 3 aromatic rings. The molecule has 7 heteroatoms. The number of hydrazone groups is 1. The van der Waals surface area contributed by atoms with Crippen LogP contribution in [0.1, 0.15) is 29.7 Å². The summed E-state index contributed by atoms with van der Waals surface area (Å²) in [4.78, 5) is 24.0. The Bertz CT molecular complexity index is 1070. The summed E-state index contributed by atoms with van der Waals surface area (Å²) < 4.78 is 18.9. The van der Waals surface area contributed by atoms with E-state index in [1.54, 1.807) is 43.3 Å². The van der Waals surface area contributed by atoms with Crippen molar-refractivity contribution in [2.24, 2.45) is 5.10 Å². The zero-order chi connectivity index (χ0) is 22.1. The van der Waals surface area contributed by atoms with Gasteiger partial charge < -0.3 is 10.1 Å². The molecule has 0 saturated heterocycles. The van der Waals surface area contributed by atoms with Gasteiger partial charge in [0.15, 0.2) is 0 Å². The fourth-order valence-electron chi connectivity index (χ4n) is 2.78. The number of ether oxygens (including phenoxy) is 1. The lowest BCUT2D eigenvalue weighted by Gasteiger charge is -2.13. The number of carbonyl (C=O) groups is 2. The third-order valence-corrected chi connectivity index (χ3v) is 4.39. The summed E-state index contributed by atoms with van der Waals surface area (Å²) in [6, 6.07) is 22.2. The Kier molecular flexibility index (Phi) is 7.48. The van der Waals surface area contributed by atoms with E-state index >= 15 is 0 Å². The predicted octanol–water partition coefficient (Wildman–Crippen LogP) is 3.73. The molecule has 1 atom stereocenters. The fourth-order valence-corrected chi connectivity index (χ4v) is 2.78. The first-order valence-electron chi connectivity index (χ1n) is 9.67. The molecular formula is C24H22FN3O3. The number of hydrogen-bond donors (Lipinski definition) is 2. The van der Waals surface area contributed by atoms with Crippen LogP contribution in [-0.2, 0) is 16.2 Å². The molecular weight excluding hydrogens is 397 g/mol. The van der Waals surface area contributed by atoms with Crippen LogP contribution in [0.2, 0.25) is 0 Å². The highest BCUT2D eigenvalue weighted by Crippen LogP contribution is 2.15. The molecule has 0 saturated carbocycles. The fraction of sp³-hybridized carbons (Fsp3) is 0.125. The Hall–Kier alpha value is -4.00. The van der Waals surface area contributed by atoms with Crippen LogP contribution in [-0.4, -0.2) is 18.0 Å². The van der Waals surface area contributed by atoms with Crippen molar-refractivity contribution in [2.45, 2.75) is 19.6 Å². The number of nitrogens with zero attached hydrogens (tertiary/aromatic N) is 1. The van der Waals surface area contributed by atoms with Crippen LogP contribution in [0.5, 0.6) is 5.75 Å². The summed E-state index contributed by atoms with van der Waals surface area (Å²) in [7, 11) is 0. The number of benzene rings is 3. The molecule has 0 radical (unpaired) electrons. The molecule has 2 amide bonds. The number of amides is 2. The van der Waals surface area contributed by atoms with Gasteiger partial charge in [0.05, 0.1) is 12.3 Å². The average Bonchev–Trinajstić information content (AvgIpc) is 2.78. The maximum absolute atomic E-state index is 13.2. The lowest BCUT2D eigenvalue weighted by molar-refractivity contribution is -0.139.